The van der Waals surface area contributed by atoms with Gasteiger partial charge in [0, 0.05) is 24.2 Å². The van der Waals surface area contributed by atoms with Crippen molar-refractivity contribution < 1.29 is 19.2 Å². The summed E-state index contributed by atoms with van der Waals surface area (Å²) in [6, 6.07) is 4.58. The fourth-order valence-corrected chi connectivity index (χ4v) is 2.73. The van der Waals surface area contributed by atoms with Gasteiger partial charge in [0.1, 0.15) is 5.78 Å². The molecule has 6 heteroatoms. The molecule has 0 radical (unpaired) electrons. The van der Waals surface area contributed by atoms with Crippen LogP contribution in [-0.2, 0) is 4.79 Å². The van der Waals surface area contributed by atoms with Crippen LogP contribution < -0.4 is 9.47 Å². The molecule has 1 aliphatic carbocycles. The lowest BCUT2D eigenvalue weighted by molar-refractivity contribution is -0.528. The zero-order chi connectivity index (χ0) is 13.4. The van der Waals surface area contributed by atoms with Gasteiger partial charge in [0.2, 0.25) is 12.8 Å². The maximum atomic E-state index is 11.6. The summed E-state index contributed by atoms with van der Waals surface area (Å²) >= 11 is 0. The van der Waals surface area contributed by atoms with Gasteiger partial charge < -0.3 is 9.47 Å². The summed E-state index contributed by atoms with van der Waals surface area (Å²) in [5.74, 6) is 0.952. The van der Waals surface area contributed by atoms with E-state index in [1.54, 1.807) is 18.2 Å². The van der Waals surface area contributed by atoms with Crippen LogP contribution in [-0.4, -0.2) is 23.5 Å². The van der Waals surface area contributed by atoms with Gasteiger partial charge >= 0.3 is 0 Å². The molecule has 0 aromatic heterocycles. The van der Waals surface area contributed by atoms with Gasteiger partial charge in [0.25, 0.3) is 0 Å². The second-order valence-corrected chi connectivity index (χ2v) is 4.85. The average Bonchev–Trinajstić information content (AvgIpc) is 2.85. The fraction of sp³-hybridized carbons (Fsp3) is 0.462. The highest BCUT2D eigenvalue weighted by molar-refractivity contribution is 5.80. The Hall–Kier alpha value is -2.11. The van der Waals surface area contributed by atoms with E-state index in [9.17, 15) is 14.9 Å². The van der Waals surface area contributed by atoms with E-state index in [1.165, 1.54) is 0 Å². The van der Waals surface area contributed by atoms with Crippen LogP contribution in [0.4, 0.5) is 0 Å². The number of carbonyl (C=O) groups is 1. The topological polar surface area (TPSA) is 78.7 Å². The molecule has 0 spiro atoms. The number of carbonyl (C=O) groups excluding carboxylic acids is 1. The number of nitrogens with zero attached hydrogens (tertiary/aromatic N) is 1. The fourth-order valence-electron chi connectivity index (χ4n) is 2.73. The first-order valence-corrected chi connectivity index (χ1v) is 6.20. The monoisotopic (exact) mass is 263 g/mol. The molecule has 6 nitrogen and oxygen atoms in total. The molecule has 0 amide bonds. The Morgan fingerprint density at radius 1 is 1.26 bits per heavy atom. The van der Waals surface area contributed by atoms with E-state index >= 15 is 0 Å². The highest BCUT2D eigenvalue weighted by atomic mass is 16.7. The van der Waals surface area contributed by atoms with E-state index in [1.807, 2.05) is 0 Å². The minimum atomic E-state index is -0.696. The first-order chi connectivity index (χ1) is 9.15. The van der Waals surface area contributed by atoms with Crippen LogP contribution in [0.25, 0.3) is 0 Å². The molecule has 2 aliphatic rings. The maximum absolute atomic E-state index is 11.6. The summed E-state index contributed by atoms with van der Waals surface area (Å²) in [5, 5.41) is 11.1. The molecule has 0 saturated heterocycles. The van der Waals surface area contributed by atoms with E-state index in [4.69, 9.17) is 9.47 Å². The standard InChI is InChI=1S/C13H13NO5/c15-9-2-3-11(14(16)17)10(6-9)8-1-4-12-13(5-8)19-7-18-12/h1,4-5,10-11H,2-3,6-7H2/t10-,11+/m0/s1. The van der Waals surface area contributed by atoms with Gasteiger partial charge in [-0.1, -0.05) is 6.07 Å². The first-order valence-electron chi connectivity index (χ1n) is 6.20. The van der Waals surface area contributed by atoms with Gasteiger partial charge in [-0.15, -0.1) is 0 Å². The summed E-state index contributed by atoms with van der Waals surface area (Å²) in [6.45, 7) is 0.168. The second kappa shape index (κ2) is 4.53. The zero-order valence-electron chi connectivity index (χ0n) is 10.2. The van der Waals surface area contributed by atoms with Crippen molar-refractivity contribution in [2.75, 3.05) is 6.79 Å². The Labute approximate surface area is 109 Å². The Balaban J connectivity index is 1.93. The quantitative estimate of drug-likeness (QED) is 0.601. The lowest BCUT2D eigenvalue weighted by atomic mass is 9.79. The number of benzene rings is 1. The van der Waals surface area contributed by atoms with Gasteiger partial charge in [-0.2, -0.15) is 0 Å². The molecule has 1 fully saturated rings. The Bertz CT molecular complexity index is 542. The SMILES string of the molecule is O=C1CC[C@@H]([N+](=O)[O-])[C@H](c2ccc3c(c2)OCO3)C1. The van der Waals surface area contributed by atoms with E-state index in [0.29, 0.717) is 24.3 Å². The van der Waals surface area contributed by atoms with Crippen LogP contribution in [0.15, 0.2) is 18.2 Å². The van der Waals surface area contributed by atoms with Gasteiger partial charge in [-0.25, -0.2) is 0 Å². The number of hydrogen-bond acceptors (Lipinski definition) is 5. The predicted molar refractivity (Wildman–Crippen MR) is 64.9 cm³/mol. The number of ketones is 1. The molecule has 1 aliphatic heterocycles. The van der Waals surface area contributed by atoms with Crippen LogP contribution >= 0.6 is 0 Å². The number of ether oxygens (including phenoxy) is 2. The highest BCUT2D eigenvalue weighted by Gasteiger charge is 2.38. The van der Waals surface area contributed by atoms with Gasteiger partial charge in [0.15, 0.2) is 11.5 Å². The smallest absolute Gasteiger partial charge is 0.231 e. The van der Waals surface area contributed by atoms with Crippen molar-refractivity contribution in [2.24, 2.45) is 0 Å². The molecule has 1 aromatic carbocycles. The summed E-state index contributed by atoms with van der Waals surface area (Å²) in [7, 11) is 0. The summed E-state index contributed by atoms with van der Waals surface area (Å²) in [5.41, 5.74) is 0.777. The highest BCUT2D eigenvalue weighted by Crippen LogP contribution is 2.39. The molecule has 0 N–H and O–H groups in total. The molecule has 19 heavy (non-hydrogen) atoms. The third-order valence-electron chi connectivity index (χ3n) is 3.73. The third-order valence-corrected chi connectivity index (χ3v) is 3.73. The minimum Gasteiger partial charge on any atom is -0.454 e. The van der Waals surface area contributed by atoms with Crippen LogP contribution in [0.1, 0.15) is 30.7 Å². The van der Waals surface area contributed by atoms with Crippen molar-refractivity contribution in [1.29, 1.82) is 0 Å². The van der Waals surface area contributed by atoms with E-state index < -0.39 is 6.04 Å². The van der Waals surface area contributed by atoms with Crippen molar-refractivity contribution in [3.63, 3.8) is 0 Å². The molecule has 3 rings (SSSR count). The zero-order valence-corrected chi connectivity index (χ0v) is 10.2. The number of hydrogen-bond donors (Lipinski definition) is 0. The Kier molecular flexibility index (Phi) is 2.85. The summed E-state index contributed by atoms with van der Waals surface area (Å²) in [4.78, 5) is 22.4. The van der Waals surface area contributed by atoms with Crippen molar-refractivity contribution in [3.05, 3.63) is 33.9 Å². The van der Waals surface area contributed by atoms with Crippen LogP contribution in [0.2, 0.25) is 0 Å². The van der Waals surface area contributed by atoms with Crippen molar-refractivity contribution >= 4 is 5.78 Å². The number of Topliss-reactive ketones (excluding diaryl/α,β-unsaturated/α-hetero) is 1. The normalized spacial score (nSPS) is 25.4. The summed E-state index contributed by atoms with van der Waals surface area (Å²) in [6.07, 6.45) is 0.836. The lowest BCUT2D eigenvalue weighted by Crippen LogP contribution is -2.33. The Morgan fingerprint density at radius 3 is 2.84 bits per heavy atom. The van der Waals surface area contributed by atoms with Gasteiger partial charge in [-0.3, -0.25) is 14.9 Å². The van der Waals surface area contributed by atoms with E-state index in [0.717, 1.165) is 5.56 Å². The molecule has 1 aromatic rings. The molecular weight excluding hydrogens is 250 g/mol. The van der Waals surface area contributed by atoms with Gasteiger partial charge in [0.05, 0.1) is 5.92 Å². The molecule has 1 heterocycles. The molecule has 0 unspecified atom stereocenters. The number of fused-ring (bicyclic) bond motifs is 1. The number of rotatable bonds is 2. The van der Waals surface area contributed by atoms with Crippen molar-refractivity contribution in [1.82, 2.24) is 0 Å². The minimum absolute atomic E-state index is 0.0840. The first kappa shape index (κ1) is 12.0. The Morgan fingerprint density at radius 2 is 2.05 bits per heavy atom. The largest absolute Gasteiger partial charge is 0.454 e. The van der Waals surface area contributed by atoms with E-state index in [-0.39, 0.29) is 29.8 Å². The van der Waals surface area contributed by atoms with Crippen molar-refractivity contribution in [3.8, 4) is 11.5 Å². The molecule has 2 atom stereocenters. The van der Waals surface area contributed by atoms with Gasteiger partial charge in [-0.05, 0) is 17.7 Å². The van der Waals surface area contributed by atoms with E-state index in [2.05, 4.69) is 0 Å². The van der Waals surface area contributed by atoms with Crippen LogP contribution in [0.3, 0.4) is 0 Å². The third kappa shape index (κ3) is 2.14. The lowest BCUT2D eigenvalue weighted by Gasteiger charge is -2.25. The average molecular weight is 263 g/mol. The molecule has 1 saturated carbocycles. The second-order valence-electron chi connectivity index (χ2n) is 4.85. The van der Waals surface area contributed by atoms with Crippen LogP contribution in [0, 0.1) is 10.1 Å². The molecule has 100 valence electrons. The maximum Gasteiger partial charge on any atom is 0.231 e. The van der Waals surface area contributed by atoms with Crippen LogP contribution in [0.5, 0.6) is 11.5 Å². The van der Waals surface area contributed by atoms with Crippen molar-refractivity contribution in [2.45, 2.75) is 31.2 Å². The molecular formula is C13H13NO5. The molecule has 0 bridgehead atoms. The summed E-state index contributed by atoms with van der Waals surface area (Å²) < 4.78 is 10.5. The predicted octanol–water partition coefficient (Wildman–Crippen LogP) is 1.90. The number of nitro groups is 1.